The van der Waals surface area contributed by atoms with Gasteiger partial charge >= 0.3 is 25.9 Å². The van der Waals surface area contributed by atoms with Crippen molar-refractivity contribution >= 4 is 34.9 Å². The van der Waals surface area contributed by atoms with Crippen molar-refractivity contribution in [2.75, 3.05) is 59.2 Å². The topological polar surface area (TPSA) is 148 Å². The smallest absolute Gasteiger partial charge is 0.444 e. The Labute approximate surface area is 277 Å². The van der Waals surface area contributed by atoms with Gasteiger partial charge in [0.1, 0.15) is 13.2 Å². The minimum atomic E-state index is -6.72. The zero-order chi connectivity index (χ0) is 36.8. The van der Waals surface area contributed by atoms with Gasteiger partial charge in [0, 0.05) is 32.4 Å². The van der Waals surface area contributed by atoms with Crippen molar-refractivity contribution in [1.82, 2.24) is 5.32 Å². The van der Waals surface area contributed by atoms with E-state index >= 15 is 0 Å². The fourth-order valence-electron chi connectivity index (χ4n) is 4.24. The number of alkyl carbamates (subject to hydrolysis) is 1. The Morgan fingerprint density at radius 1 is 0.681 bits per heavy atom. The summed E-state index contributed by atoms with van der Waals surface area (Å²) in [5.41, 5.74) is -12.4. The van der Waals surface area contributed by atoms with Gasteiger partial charge in [0.15, 0.2) is 20.0 Å². The third-order valence-electron chi connectivity index (χ3n) is 6.56. The summed E-state index contributed by atoms with van der Waals surface area (Å²) < 4.78 is 133. The van der Waals surface area contributed by atoms with Gasteiger partial charge < -0.3 is 31.9 Å². The van der Waals surface area contributed by atoms with E-state index in [9.17, 15) is 48.0 Å². The first-order chi connectivity index (χ1) is 21.7. The molecule has 0 aromatic heterocycles. The van der Waals surface area contributed by atoms with E-state index in [0.717, 1.165) is 21.6 Å². The van der Waals surface area contributed by atoms with Crippen LogP contribution in [0.5, 0.6) is 0 Å². The second kappa shape index (κ2) is 23.2. The molecule has 0 atom stereocenters. The largest absolute Gasteiger partial charge is 0.500 e. The summed E-state index contributed by atoms with van der Waals surface area (Å²) in [4.78, 5) is 12.2. The summed E-state index contributed by atoms with van der Waals surface area (Å²) in [5, 5.41) is 2.88. The highest BCUT2D eigenvalue weighted by molar-refractivity contribution is 8.13. The van der Waals surface area contributed by atoms with Crippen LogP contribution >= 0.6 is 0 Å². The quantitative estimate of drug-likeness (QED) is 0.0509. The maximum atomic E-state index is 12.2. The van der Waals surface area contributed by atoms with Crippen LogP contribution in [-0.4, -0.2) is 106 Å². The number of rotatable bonds is 24. The van der Waals surface area contributed by atoms with E-state index in [2.05, 4.69) is 26.1 Å². The van der Waals surface area contributed by atoms with Gasteiger partial charge in [-0.3, -0.25) is 0 Å². The molecule has 0 radical (unpaired) electrons. The highest BCUT2D eigenvalue weighted by Crippen LogP contribution is 2.36. The Hall–Kier alpha value is -1.23. The average Bonchev–Trinajstić information content (AvgIpc) is 2.95. The van der Waals surface area contributed by atoms with Crippen LogP contribution in [0.3, 0.4) is 0 Å². The molecule has 0 unspecified atom stereocenters. The molecule has 0 saturated heterocycles. The molecule has 0 aromatic rings. The van der Waals surface area contributed by atoms with Crippen molar-refractivity contribution < 1.29 is 70.5 Å². The molecule has 0 saturated carbocycles. The number of alkyl halides is 6. The number of carbonyl (C=O) groups is 1. The van der Waals surface area contributed by atoms with Crippen LogP contribution in [0.2, 0.25) is 6.04 Å². The summed E-state index contributed by atoms with van der Waals surface area (Å²) in [5.74, 6) is 0. The molecule has 0 rings (SSSR count). The molecule has 0 aromatic carbocycles. The molecular formula is C26H53F6N3O9S2Si. The zero-order valence-corrected chi connectivity index (χ0v) is 30.8. The number of sulfonamides is 2. The molecular weight excluding hydrogens is 705 g/mol. The normalized spacial score (nSPS) is 13.2. The molecule has 0 aliphatic rings. The number of carbonyl (C=O) groups excluding carboxylic acids is 1. The van der Waals surface area contributed by atoms with E-state index in [4.69, 9.17) is 18.0 Å². The summed E-state index contributed by atoms with van der Waals surface area (Å²) in [6.07, 6.45) is 7.70. The summed E-state index contributed by atoms with van der Waals surface area (Å²) in [7, 11) is -16.1. The molecule has 0 spiro atoms. The molecule has 1 amide bonds. The van der Waals surface area contributed by atoms with Gasteiger partial charge in [-0.2, -0.15) is 26.3 Å². The molecule has 0 fully saturated rings. The van der Waals surface area contributed by atoms with Gasteiger partial charge in [-0.15, -0.1) is 0 Å². The van der Waals surface area contributed by atoms with Crippen LogP contribution < -0.4 is 5.32 Å². The molecule has 1 N–H and O–H groups in total. The van der Waals surface area contributed by atoms with Crippen LogP contribution in [0.15, 0.2) is 0 Å². The predicted molar refractivity (Wildman–Crippen MR) is 167 cm³/mol. The van der Waals surface area contributed by atoms with E-state index < -0.39 is 39.9 Å². The summed E-state index contributed by atoms with van der Waals surface area (Å²) in [6, 6.07) is 0.688. The molecule has 0 aliphatic heterocycles. The summed E-state index contributed by atoms with van der Waals surface area (Å²) in [6.45, 7) is 19.8. The van der Waals surface area contributed by atoms with Crippen LogP contribution in [-0.2, 0) is 38.1 Å². The number of hydrogen-bond donors (Lipinski definition) is 1. The maximum Gasteiger partial charge on any atom is 0.500 e. The molecule has 0 aliphatic carbocycles. The minimum absolute atomic E-state index is 0.332. The molecule has 12 nitrogen and oxygen atoms in total. The van der Waals surface area contributed by atoms with E-state index in [1.807, 2.05) is 20.8 Å². The lowest BCUT2D eigenvalue weighted by atomic mass is 10.1. The number of halogens is 6. The first-order valence-corrected chi connectivity index (χ1v) is 20.5. The van der Waals surface area contributed by atoms with Gasteiger partial charge in [0.05, 0.1) is 19.6 Å². The fourth-order valence-corrected chi connectivity index (χ4v) is 8.57. The fraction of sp³-hybridized carbons (Fsp3) is 0.962. The lowest BCUT2D eigenvalue weighted by Gasteiger charge is -2.39. The van der Waals surface area contributed by atoms with Crippen molar-refractivity contribution in [3.8, 4) is 0 Å². The summed E-state index contributed by atoms with van der Waals surface area (Å²) >= 11 is 0. The monoisotopic (exact) mass is 757 g/mol. The minimum Gasteiger partial charge on any atom is -0.444 e. The SMILES string of the molecule is CCCC[N+](CCCC)(CCCC)CCOC(=O)NCCC[Si](OCC)(OCC)OCC.O=S(=O)([N-]S(=O)(=O)C(F)(F)F)C(F)(F)F. The van der Waals surface area contributed by atoms with Crippen LogP contribution in [0.4, 0.5) is 31.1 Å². The average molecular weight is 758 g/mol. The Bertz CT molecular complexity index is 987. The van der Waals surface area contributed by atoms with Gasteiger partial charge in [-0.25, -0.2) is 21.6 Å². The van der Waals surface area contributed by atoms with Gasteiger partial charge in [-0.05, 0) is 46.5 Å². The molecule has 21 heteroatoms. The highest BCUT2D eigenvalue weighted by Gasteiger charge is 2.47. The van der Waals surface area contributed by atoms with Crippen LogP contribution in [0.1, 0.15) is 86.5 Å². The molecule has 47 heavy (non-hydrogen) atoms. The van der Waals surface area contributed by atoms with E-state index in [0.29, 0.717) is 39.0 Å². The third kappa shape index (κ3) is 19.5. The van der Waals surface area contributed by atoms with Crippen molar-refractivity contribution in [1.29, 1.82) is 0 Å². The lowest BCUT2D eigenvalue weighted by molar-refractivity contribution is -0.929. The lowest BCUT2D eigenvalue weighted by Crippen LogP contribution is -2.52. The first-order valence-electron chi connectivity index (χ1n) is 15.7. The van der Waals surface area contributed by atoms with Gasteiger partial charge in [0.2, 0.25) is 0 Å². The third-order valence-corrected chi connectivity index (χ3v) is 12.5. The molecule has 284 valence electrons. The van der Waals surface area contributed by atoms with E-state index in [1.54, 1.807) is 0 Å². The van der Waals surface area contributed by atoms with Crippen molar-refractivity contribution in [3.63, 3.8) is 0 Å². The Morgan fingerprint density at radius 2 is 1.06 bits per heavy atom. The van der Waals surface area contributed by atoms with E-state index in [-0.39, 0.29) is 6.09 Å². The first kappa shape index (κ1) is 47.9. The highest BCUT2D eigenvalue weighted by atomic mass is 32.3. The maximum absolute atomic E-state index is 12.2. The molecule has 0 bridgehead atoms. The Kier molecular flexibility index (Phi) is 23.7. The number of ether oxygens (including phenoxy) is 1. The predicted octanol–water partition coefficient (Wildman–Crippen LogP) is 6.43. The van der Waals surface area contributed by atoms with Gasteiger partial charge in [-0.1, -0.05) is 40.0 Å². The Morgan fingerprint density at radius 3 is 1.38 bits per heavy atom. The van der Waals surface area contributed by atoms with Crippen molar-refractivity contribution in [3.05, 3.63) is 4.13 Å². The zero-order valence-electron chi connectivity index (χ0n) is 28.2. The number of nitrogens with zero attached hydrogens (tertiary/aromatic N) is 2. The number of unbranched alkanes of at least 4 members (excludes halogenated alkanes) is 3. The number of quaternary nitrogens is 1. The number of hydrogen-bond acceptors (Lipinski definition) is 9. The molecule has 0 heterocycles. The number of amides is 1. The van der Waals surface area contributed by atoms with Crippen LogP contribution in [0, 0.1) is 0 Å². The standard InChI is InChI=1S/C24H52N2O5Si.C2F6NO4S2/c1-7-13-18-26(19-14-8-2,20-15-9-3)21-22-28-24(27)25-17-16-23-32(29-10-4,30-11-5)31-12-6;3-1(4,5)14(10,11)9-15(12,13)2(6,7)8/h7-23H2,1-6H3;/q;-1/p+1. The van der Waals surface area contributed by atoms with Gasteiger partial charge in [0.25, 0.3) is 0 Å². The van der Waals surface area contributed by atoms with Crippen LogP contribution in [0.25, 0.3) is 4.13 Å². The Balaban J connectivity index is 0. The van der Waals surface area contributed by atoms with Crippen molar-refractivity contribution in [2.45, 2.75) is 104 Å². The van der Waals surface area contributed by atoms with Crippen molar-refractivity contribution in [2.24, 2.45) is 0 Å². The van der Waals surface area contributed by atoms with E-state index in [1.165, 1.54) is 58.2 Å². The second-order valence-electron chi connectivity index (χ2n) is 10.4. The number of nitrogens with one attached hydrogen (secondary N) is 1. The second-order valence-corrected chi connectivity index (χ2v) is 16.5.